The number of pyridine rings is 1. The first-order valence-electron chi connectivity index (χ1n) is 15.4. The molecule has 26 heteroatoms. The molecule has 1 aliphatic carbocycles. The fourth-order valence-corrected chi connectivity index (χ4v) is 8.69. The van der Waals surface area contributed by atoms with Crippen LogP contribution in [0.15, 0.2) is 63.5 Å². The lowest BCUT2D eigenvalue weighted by Gasteiger charge is -2.36. The van der Waals surface area contributed by atoms with Crippen LogP contribution < -0.4 is 21.9 Å². The van der Waals surface area contributed by atoms with Crippen molar-refractivity contribution < 1.29 is 55.9 Å². The summed E-state index contributed by atoms with van der Waals surface area (Å²) in [4.78, 5) is 80.1. The number of azide groups is 1. The van der Waals surface area contributed by atoms with Gasteiger partial charge in [-0.05, 0) is 67.5 Å². The predicted molar refractivity (Wildman–Crippen MR) is 186 cm³/mol. The Morgan fingerprint density at radius 2 is 1.87 bits per heavy atom. The number of urea groups is 1. The average molecular weight is 831 g/mol. The van der Waals surface area contributed by atoms with Gasteiger partial charge < -0.3 is 34.9 Å². The molecule has 6 rings (SSSR count). The molecule has 3 aromatic rings. The number of amides is 2. The summed E-state index contributed by atoms with van der Waals surface area (Å²) < 4.78 is 51.8. The van der Waals surface area contributed by atoms with Crippen molar-refractivity contribution >= 4 is 46.8 Å². The second-order valence-corrected chi connectivity index (χ2v) is 16.7. The molecule has 1 aromatic carbocycles. The molecule has 1 saturated heterocycles. The highest BCUT2D eigenvalue weighted by Crippen LogP contribution is 2.66. The van der Waals surface area contributed by atoms with E-state index in [0.717, 1.165) is 28.7 Å². The molecule has 0 radical (unpaired) electrons. The molecule has 1 saturated carbocycles. The van der Waals surface area contributed by atoms with Gasteiger partial charge in [-0.2, -0.15) is 8.62 Å². The van der Waals surface area contributed by atoms with Gasteiger partial charge in [-0.15, -0.1) is 0 Å². The summed E-state index contributed by atoms with van der Waals surface area (Å²) in [6.45, 7) is 0.544. The van der Waals surface area contributed by atoms with Crippen LogP contribution in [0.3, 0.4) is 0 Å². The third-order valence-electron chi connectivity index (χ3n) is 7.89. The molecule has 54 heavy (non-hydrogen) atoms. The van der Waals surface area contributed by atoms with Crippen LogP contribution in [0.4, 0.5) is 10.5 Å². The Labute approximate surface area is 308 Å². The van der Waals surface area contributed by atoms with Gasteiger partial charge in [-0.3, -0.25) is 18.9 Å². The zero-order valence-corrected chi connectivity index (χ0v) is 31.0. The van der Waals surface area contributed by atoms with Crippen LogP contribution in [0.2, 0.25) is 5.02 Å². The van der Waals surface area contributed by atoms with Crippen molar-refractivity contribution in [1.82, 2.24) is 19.9 Å². The number of H-pyrrole nitrogens is 1. The van der Waals surface area contributed by atoms with E-state index in [2.05, 4.69) is 50.6 Å². The van der Waals surface area contributed by atoms with Crippen molar-refractivity contribution in [2.45, 2.75) is 50.1 Å². The van der Waals surface area contributed by atoms with Gasteiger partial charge in [0, 0.05) is 45.6 Å². The normalized spacial score (nSPS) is 24.0. The minimum atomic E-state index is -5.70. The number of rotatable bonds is 10. The Hall–Kier alpha value is -4.15. The number of halogens is 1. The van der Waals surface area contributed by atoms with Crippen molar-refractivity contribution in [2.75, 3.05) is 11.9 Å². The molecule has 288 valence electrons. The van der Waals surface area contributed by atoms with E-state index in [1.54, 1.807) is 12.3 Å². The Morgan fingerprint density at radius 1 is 1.13 bits per heavy atom. The van der Waals surface area contributed by atoms with Crippen LogP contribution in [0, 0.1) is 24.7 Å². The largest absolute Gasteiger partial charge is 0.490 e. The molecule has 3 aliphatic rings. The smallest absolute Gasteiger partial charge is 0.352 e. The molecule has 0 spiro atoms. The second kappa shape index (κ2) is 16.3. The zero-order valence-electron chi connectivity index (χ0n) is 27.6. The van der Waals surface area contributed by atoms with Crippen LogP contribution in [-0.2, 0) is 37.1 Å². The molecule has 22 nitrogen and oxygen atoms in total. The van der Waals surface area contributed by atoms with E-state index in [1.807, 2.05) is 35.3 Å². The van der Waals surface area contributed by atoms with E-state index in [0.29, 0.717) is 16.6 Å². The first kappa shape index (κ1) is 41.0. The van der Waals surface area contributed by atoms with Crippen LogP contribution in [0.1, 0.15) is 42.3 Å². The summed E-state index contributed by atoms with van der Waals surface area (Å²) in [6.07, 6.45) is 2.51. The molecule has 6 atom stereocenters. The molecule has 0 bridgehead atoms. The summed E-state index contributed by atoms with van der Waals surface area (Å²) in [7, 11) is -16.7. The molecule has 2 fully saturated rings. The van der Waals surface area contributed by atoms with Crippen LogP contribution in [0.5, 0.6) is 0 Å². The lowest BCUT2D eigenvalue weighted by molar-refractivity contribution is -0.0267. The number of nitrogens with one attached hydrogen (secondary N) is 3. The Bertz CT molecular complexity index is 2300. The minimum Gasteiger partial charge on any atom is -0.352 e. The number of fused-ring (bicyclic) bond motifs is 1. The zero-order chi connectivity index (χ0) is 39.5. The first-order valence-corrected chi connectivity index (χ1v) is 20.3. The molecular formula is C28H30ClN8O14P3. The number of carbonyl (C=O) groups is 1. The third kappa shape index (κ3) is 10.5. The fraction of sp³-hybridized carbons (Fsp3) is 0.357. The highest BCUT2D eigenvalue weighted by Gasteiger charge is 2.50. The Morgan fingerprint density at radius 3 is 2.52 bits per heavy atom. The molecule has 4 heterocycles. The predicted octanol–water partition coefficient (Wildman–Crippen LogP) is 3.68. The van der Waals surface area contributed by atoms with E-state index < -0.39 is 65.2 Å². The summed E-state index contributed by atoms with van der Waals surface area (Å²) in [6, 6.07) is 9.81. The van der Waals surface area contributed by atoms with Gasteiger partial charge in [0.05, 0.1) is 18.8 Å². The monoisotopic (exact) mass is 830 g/mol. The molecule has 7 N–H and O–H groups in total. The Kier molecular flexibility index (Phi) is 12.4. The number of hydrogen-bond donors (Lipinski definition) is 7. The first-order chi connectivity index (χ1) is 25.3. The van der Waals surface area contributed by atoms with Crippen molar-refractivity contribution in [1.29, 1.82) is 0 Å². The number of aryl methyl sites for hydroxylation is 1. The maximum atomic E-state index is 12.1. The standard InChI is InChI=1S/C18H14ClN3O.C10H16N5O13P3/c19-13-6-7-16-15(11-13)18(12-4-5-12,22-17(23)21-16)9-8-14-3-1-2-10-20-14;1-5-3-15(10(17)12-9(5)16)8-2-6(13-14-11)7(26-8)4-25-30(21,22)28-31(23,24)27-29(18,19)20/h1-3,6-7,10-12H,4-5H2,(H2,21,22,23);3,6-8H,2,4H2,1H3,(H,21,22)(H,23,24)(H,12,16,17)(H2,18,19,20)/t18-;6-,7+,8+/m10/s1. The van der Waals surface area contributed by atoms with Crippen molar-refractivity contribution in [2.24, 2.45) is 11.0 Å². The minimum absolute atomic E-state index is 0.111. The van der Waals surface area contributed by atoms with Crippen molar-refractivity contribution in [3.05, 3.63) is 102 Å². The number of ether oxygens (including phenoxy) is 1. The lowest BCUT2D eigenvalue weighted by Crippen LogP contribution is -2.52. The van der Waals surface area contributed by atoms with Crippen LogP contribution >= 0.6 is 35.1 Å². The quantitative estimate of drug-likeness (QED) is 0.0504. The molecule has 2 amide bonds. The summed E-state index contributed by atoms with van der Waals surface area (Å²) >= 11 is 6.18. The Balaban J connectivity index is 0.000000216. The van der Waals surface area contributed by atoms with E-state index >= 15 is 0 Å². The fourth-order valence-electron chi connectivity index (χ4n) is 5.48. The van der Waals surface area contributed by atoms with Crippen molar-refractivity contribution in [3.63, 3.8) is 0 Å². The topological polar surface area (TPSA) is 327 Å². The average Bonchev–Trinajstić information content (AvgIpc) is 3.85. The second-order valence-electron chi connectivity index (χ2n) is 11.8. The van der Waals surface area contributed by atoms with Gasteiger partial charge in [0.2, 0.25) is 0 Å². The van der Waals surface area contributed by atoms with Crippen LogP contribution in [0.25, 0.3) is 10.4 Å². The molecule has 2 aromatic heterocycles. The van der Waals surface area contributed by atoms with E-state index in [9.17, 15) is 33.0 Å². The van der Waals surface area contributed by atoms with Gasteiger partial charge in [-0.1, -0.05) is 28.7 Å². The summed E-state index contributed by atoms with van der Waals surface area (Å²) in [5, 5.41) is 9.92. The van der Waals surface area contributed by atoms with E-state index in [-0.39, 0.29) is 18.0 Å². The van der Waals surface area contributed by atoms with Gasteiger partial charge in [-0.25, -0.2) is 28.3 Å². The number of hydrogen-bond acceptors (Lipinski definition) is 12. The van der Waals surface area contributed by atoms with Gasteiger partial charge in [0.15, 0.2) is 0 Å². The highest BCUT2D eigenvalue weighted by molar-refractivity contribution is 7.66. The van der Waals surface area contributed by atoms with Gasteiger partial charge >= 0.3 is 35.2 Å². The number of phosphoric ester groups is 1. The SMILES string of the molecule is Cc1cn([C@H]2C[C@H](N=[N+]=[N-])[C@@H](COP(=O)(O)OP(=O)(O)OP(=O)(O)O)O2)c(=O)[nH]c1=O.O=C1Nc2ccc(Cl)cc2[C@@](C#Cc2ccccn2)(C2CC2)N1. The number of nitrogens with zero attached hydrogens (tertiary/aromatic N) is 5. The third-order valence-corrected chi connectivity index (χ3v) is 11.9. The summed E-state index contributed by atoms with van der Waals surface area (Å²) in [5.41, 5.74) is 9.05. The highest BCUT2D eigenvalue weighted by atomic mass is 35.5. The molecular weight excluding hydrogens is 801 g/mol. The lowest BCUT2D eigenvalue weighted by atomic mass is 9.83. The number of anilines is 1. The number of phosphoric acid groups is 3. The number of carbonyl (C=O) groups excluding carboxylic acids is 1. The molecule has 2 unspecified atom stereocenters. The van der Waals surface area contributed by atoms with E-state index in [1.165, 1.54) is 13.1 Å². The molecule has 2 aliphatic heterocycles. The summed E-state index contributed by atoms with van der Waals surface area (Å²) in [5.74, 6) is 6.69. The van der Waals surface area contributed by atoms with E-state index in [4.69, 9.17) is 36.5 Å². The number of aromatic amines is 1. The van der Waals surface area contributed by atoms with Gasteiger partial charge in [0.1, 0.15) is 17.5 Å². The maximum absolute atomic E-state index is 12.1. The van der Waals surface area contributed by atoms with Crippen molar-refractivity contribution in [3.8, 4) is 11.8 Å². The maximum Gasteiger partial charge on any atom is 0.490 e. The van der Waals surface area contributed by atoms with Gasteiger partial charge in [0.25, 0.3) is 5.56 Å². The van der Waals surface area contributed by atoms with Crippen LogP contribution in [-0.4, -0.2) is 58.9 Å². The number of aromatic nitrogens is 3. The number of benzene rings is 1.